The molecular formula is C17H26N4S2. The first-order valence-electron chi connectivity index (χ1n) is 8.17. The highest BCUT2D eigenvalue weighted by atomic mass is 32.1. The molecule has 0 bridgehead atoms. The molecule has 0 heterocycles. The number of anilines is 1. The molecule has 4 N–H and O–H groups in total. The van der Waals surface area contributed by atoms with Crippen LogP contribution in [0.5, 0.6) is 0 Å². The largest absolute Gasteiger partial charge is 0.359 e. The second-order valence-electron chi connectivity index (χ2n) is 6.29. The minimum absolute atomic E-state index is 0.480. The summed E-state index contributed by atoms with van der Waals surface area (Å²) in [5, 5.41) is 7.68. The Kier molecular flexibility index (Phi) is 6.59. The highest BCUT2D eigenvalue weighted by Gasteiger charge is 2.14. The van der Waals surface area contributed by atoms with E-state index in [4.69, 9.17) is 24.4 Å². The molecule has 1 aromatic carbocycles. The Bertz CT molecular complexity index is 557. The molecule has 1 fully saturated rings. The summed E-state index contributed by atoms with van der Waals surface area (Å²) in [6.07, 6.45) is 6.26. The molecular weight excluding hydrogens is 324 g/mol. The van der Waals surface area contributed by atoms with Gasteiger partial charge in [0.15, 0.2) is 10.2 Å². The molecule has 1 aliphatic rings. The smallest absolute Gasteiger partial charge is 0.189 e. The molecule has 126 valence electrons. The summed E-state index contributed by atoms with van der Waals surface area (Å²) in [7, 11) is 0. The van der Waals surface area contributed by atoms with Crippen molar-refractivity contribution in [3.05, 3.63) is 28.8 Å². The Balaban J connectivity index is 1.80. The van der Waals surface area contributed by atoms with Crippen LogP contribution in [0.4, 0.5) is 5.69 Å². The van der Waals surface area contributed by atoms with E-state index >= 15 is 0 Å². The lowest BCUT2D eigenvalue weighted by Crippen LogP contribution is -2.51. The second kappa shape index (κ2) is 8.45. The molecule has 2 rings (SSSR count). The molecule has 0 aromatic heterocycles. The topological polar surface area (TPSA) is 48.1 Å². The van der Waals surface area contributed by atoms with E-state index in [1.165, 1.54) is 48.8 Å². The van der Waals surface area contributed by atoms with Gasteiger partial charge >= 0.3 is 0 Å². The first-order chi connectivity index (χ1) is 11.0. The zero-order valence-electron chi connectivity index (χ0n) is 14.1. The van der Waals surface area contributed by atoms with Gasteiger partial charge in [0.2, 0.25) is 0 Å². The average Bonchev–Trinajstić information content (AvgIpc) is 2.50. The van der Waals surface area contributed by atoms with Crippen LogP contribution in [0.15, 0.2) is 12.1 Å². The summed E-state index contributed by atoms with van der Waals surface area (Å²) < 4.78 is 0. The average molecular weight is 351 g/mol. The molecule has 0 spiro atoms. The van der Waals surface area contributed by atoms with Crippen LogP contribution in [0.3, 0.4) is 0 Å². The number of rotatable bonds is 2. The highest BCUT2D eigenvalue weighted by Crippen LogP contribution is 2.21. The summed E-state index contributed by atoms with van der Waals surface area (Å²) in [4.78, 5) is 0. The number of hydrazine groups is 1. The maximum atomic E-state index is 5.34. The number of nitrogens with one attached hydrogen (secondary N) is 4. The van der Waals surface area contributed by atoms with Crippen LogP contribution < -0.4 is 21.5 Å². The lowest BCUT2D eigenvalue weighted by molar-refractivity contribution is 0.411. The van der Waals surface area contributed by atoms with Crippen LogP contribution in [0.25, 0.3) is 0 Å². The van der Waals surface area contributed by atoms with Gasteiger partial charge in [-0.3, -0.25) is 10.9 Å². The van der Waals surface area contributed by atoms with Gasteiger partial charge in [-0.15, -0.1) is 0 Å². The highest BCUT2D eigenvalue weighted by molar-refractivity contribution is 7.80. The Morgan fingerprint density at radius 3 is 2.09 bits per heavy atom. The van der Waals surface area contributed by atoms with Gasteiger partial charge in [-0.05, 0) is 69.2 Å². The van der Waals surface area contributed by atoms with Gasteiger partial charge in [0.25, 0.3) is 0 Å². The van der Waals surface area contributed by atoms with Crippen LogP contribution in [-0.4, -0.2) is 16.3 Å². The summed E-state index contributed by atoms with van der Waals surface area (Å²) in [5.74, 6) is 0. The zero-order valence-corrected chi connectivity index (χ0v) is 15.7. The summed E-state index contributed by atoms with van der Waals surface area (Å²) >= 11 is 10.7. The van der Waals surface area contributed by atoms with Crippen LogP contribution >= 0.6 is 24.4 Å². The molecule has 0 radical (unpaired) electrons. The first-order valence-corrected chi connectivity index (χ1v) is 8.98. The molecule has 0 amide bonds. The quantitative estimate of drug-likeness (QED) is 0.483. The molecule has 23 heavy (non-hydrogen) atoms. The third kappa shape index (κ3) is 5.62. The van der Waals surface area contributed by atoms with E-state index in [1.807, 2.05) is 0 Å². The van der Waals surface area contributed by atoms with Crippen molar-refractivity contribution in [2.24, 2.45) is 0 Å². The van der Waals surface area contributed by atoms with Gasteiger partial charge in [-0.2, -0.15) is 0 Å². The van der Waals surface area contributed by atoms with Crippen molar-refractivity contribution in [3.63, 3.8) is 0 Å². The fraction of sp³-hybridized carbons (Fsp3) is 0.529. The molecule has 0 atom stereocenters. The van der Waals surface area contributed by atoms with Crippen LogP contribution in [0, 0.1) is 20.8 Å². The van der Waals surface area contributed by atoms with Crippen molar-refractivity contribution in [2.45, 2.75) is 58.9 Å². The zero-order chi connectivity index (χ0) is 16.8. The minimum Gasteiger partial charge on any atom is -0.359 e. The van der Waals surface area contributed by atoms with Gasteiger partial charge in [0.1, 0.15) is 0 Å². The van der Waals surface area contributed by atoms with Gasteiger partial charge < -0.3 is 10.6 Å². The van der Waals surface area contributed by atoms with Crippen molar-refractivity contribution < 1.29 is 0 Å². The molecule has 1 saturated carbocycles. The van der Waals surface area contributed by atoms with Crippen molar-refractivity contribution in [1.29, 1.82) is 0 Å². The molecule has 6 heteroatoms. The van der Waals surface area contributed by atoms with E-state index in [1.54, 1.807) is 0 Å². The van der Waals surface area contributed by atoms with Crippen molar-refractivity contribution in [3.8, 4) is 0 Å². The molecule has 0 aliphatic heterocycles. The van der Waals surface area contributed by atoms with Gasteiger partial charge in [-0.1, -0.05) is 37.0 Å². The maximum Gasteiger partial charge on any atom is 0.189 e. The molecule has 0 saturated heterocycles. The maximum absolute atomic E-state index is 5.34. The monoisotopic (exact) mass is 350 g/mol. The predicted molar refractivity (Wildman–Crippen MR) is 106 cm³/mol. The van der Waals surface area contributed by atoms with E-state index in [-0.39, 0.29) is 0 Å². The summed E-state index contributed by atoms with van der Waals surface area (Å²) in [5.41, 5.74) is 10.6. The van der Waals surface area contributed by atoms with E-state index < -0.39 is 0 Å². The molecule has 0 unspecified atom stereocenters. The Morgan fingerprint density at radius 1 is 0.913 bits per heavy atom. The molecule has 1 aromatic rings. The Morgan fingerprint density at radius 2 is 1.48 bits per heavy atom. The van der Waals surface area contributed by atoms with E-state index in [2.05, 4.69) is 54.4 Å². The van der Waals surface area contributed by atoms with Gasteiger partial charge in [-0.25, -0.2) is 0 Å². The second-order valence-corrected chi connectivity index (χ2v) is 7.10. The Labute approximate surface area is 149 Å². The van der Waals surface area contributed by atoms with Crippen LogP contribution in [0.2, 0.25) is 0 Å². The van der Waals surface area contributed by atoms with Crippen molar-refractivity contribution >= 4 is 40.3 Å². The fourth-order valence-corrected chi connectivity index (χ4v) is 3.47. The van der Waals surface area contributed by atoms with Gasteiger partial charge in [0.05, 0.1) is 0 Å². The lowest BCUT2D eigenvalue weighted by atomic mass is 9.96. The van der Waals surface area contributed by atoms with Gasteiger partial charge in [0, 0.05) is 11.7 Å². The first kappa shape index (κ1) is 17.9. The third-order valence-electron chi connectivity index (χ3n) is 4.15. The van der Waals surface area contributed by atoms with E-state index in [0.29, 0.717) is 16.3 Å². The number of thiocarbonyl (C=S) groups is 2. The normalized spacial score (nSPS) is 14.9. The number of benzene rings is 1. The third-order valence-corrected chi connectivity index (χ3v) is 4.57. The number of hydrogen-bond donors (Lipinski definition) is 4. The standard InChI is InChI=1S/C17H26N4S2/c1-11-9-12(2)15(13(3)10-11)19-17(23)21-20-16(22)18-14-7-5-4-6-8-14/h9-10,14H,4-8H2,1-3H3,(H2,18,20,22)(H2,19,21,23). The fourth-order valence-electron chi connectivity index (χ4n) is 3.10. The SMILES string of the molecule is Cc1cc(C)c(NC(=S)NNC(=S)NC2CCCCC2)c(C)c1. The molecule has 1 aliphatic carbocycles. The number of aryl methyl sites for hydroxylation is 3. The lowest BCUT2D eigenvalue weighted by Gasteiger charge is -2.24. The Hall–Kier alpha value is -1.40. The van der Waals surface area contributed by atoms with Crippen molar-refractivity contribution in [2.75, 3.05) is 5.32 Å². The van der Waals surface area contributed by atoms with Crippen LogP contribution in [0.1, 0.15) is 48.8 Å². The summed E-state index contributed by atoms with van der Waals surface area (Å²) in [6, 6.07) is 4.76. The van der Waals surface area contributed by atoms with E-state index in [9.17, 15) is 0 Å². The predicted octanol–water partition coefficient (Wildman–Crippen LogP) is 3.61. The van der Waals surface area contributed by atoms with Crippen LogP contribution in [-0.2, 0) is 0 Å². The van der Waals surface area contributed by atoms with Crippen molar-refractivity contribution in [1.82, 2.24) is 16.2 Å². The molecule has 4 nitrogen and oxygen atoms in total. The number of hydrogen-bond acceptors (Lipinski definition) is 2. The minimum atomic E-state index is 0.480. The summed E-state index contributed by atoms with van der Waals surface area (Å²) in [6.45, 7) is 6.25. The van der Waals surface area contributed by atoms with E-state index in [0.717, 1.165) is 5.69 Å².